The van der Waals surface area contributed by atoms with E-state index in [9.17, 15) is 13.6 Å². The maximum absolute atomic E-state index is 13.7. The highest BCUT2D eigenvalue weighted by Crippen LogP contribution is 2.34. The number of nitrogens with one attached hydrogen (secondary N) is 3. The number of pyridine rings is 1. The summed E-state index contributed by atoms with van der Waals surface area (Å²) in [7, 11) is 0. The molecule has 2 heterocycles. The van der Waals surface area contributed by atoms with E-state index in [0.717, 1.165) is 40.4 Å². The molecule has 0 aliphatic heterocycles. The van der Waals surface area contributed by atoms with Crippen LogP contribution in [0.4, 0.5) is 30.8 Å². The number of anilines is 3. The number of benzene rings is 2. The highest BCUT2D eigenvalue weighted by molar-refractivity contribution is 6.01. The second kappa shape index (κ2) is 8.85. The van der Waals surface area contributed by atoms with Crippen LogP contribution in [0.15, 0.2) is 48.5 Å². The molecule has 2 aromatic heterocycles. The van der Waals surface area contributed by atoms with E-state index in [-0.39, 0.29) is 18.5 Å². The van der Waals surface area contributed by atoms with Crippen molar-refractivity contribution in [1.29, 1.82) is 0 Å². The largest absolute Gasteiger partial charge is 0.383 e. The smallest absolute Gasteiger partial charge is 0.323 e. The predicted molar refractivity (Wildman–Crippen MR) is 128 cm³/mol. The first kappa shape index (κ1) is 23.6. The molecule has 4 aromatic rings. The van der Waals surface area contributed by atoms with E-state index >= 15 is 0 Å². The van der Waals surface area contributed by atoms with Gasteiger partial charge in [-0.15, -0.1) is 0 Å². The summed E-state index contributed by atoms with van der Waals surface area (Å²) in [5.41, 5.74) is 9.24. The number of carbonyl (C=O) groups is 1. The second-order valence-electron chi connectivity index (χ2n) is 8.42. The van der Waals surface area contributed by atoms with Crippen LogP contribution in [0.1, 0.15) is 33.9 Å². The monoisotopic (exact) mass is 452 g/mol. The van der Waals surface area contributed by atoms with Crippen molar-refractivity contribution < 1.29 is 13.6 Å². The van der Waals surface area contributed by atoms with Crippen molar-refractivity contribution in [2.75, 3.05) is 16.4 Å². The summed E-state index contributed by atoms with van der Waals surface area (Å²) < 4.78 is 27.0. The lowest BCUT2D eigenvalue weighted by atomic mass is 9.89. The number of nitrogens with two attached hydrogens (primary N) is 1. The molecule has 9 heteroatoms. The van der Waals surface area contributed by atoms with Crippen LogP contribution in [0.5, 0.6) is 0 Å². The molecule has 0 spiro atoms. The summed E-state index contributed by atoms with van der Waals surface area (Å²) in [6, 6.07) is 11.2. The zero-order chi connectivity index (χ0) is 23.0. The van der Waals surface area contributed by atoms with Crippen LogP contribution >= 0.6 is 0 Å². The molecule has 0 saturated carbocycles. The molecule has 0 radical (unpaired) electrons. The van der Waals surface area contributed by atoms with Crippen molar-refractivity contribution in [1.82, 2.24) is 15.2 Å². The SMILES string of the molecule is C.CC(C)(C)c1cc(-c2ccc(NC(=O)Nc3cc(F)ccc3F)cc2)c2c(N)[nH]nc2n1. The minimum absolute atomic E-state index is 0. The Morgan fingerprint density at radius 2 is 1.73 bits per heavy atom. The number of aromatic nitrogens is 3. The van der Waals surface area contributed by atoms with E-state index in [1.54, 1.807) is 12.1 Å². The van der Waals surface area contributed by atoms with Crippen LogP contribution in [0, 0.1) is 11.6 Å². The standard InChI is InChI=1S/C23H22F2N6O.CH4/c1-23(2,3)18-11-15(19-20(26)30-31-21(19)29-18)12-4-7-14(8-5-12)27-22(32)28-17-10-13(24)6-9-16(17)25;/h4-11H,1-3H3,(H2,27,28,32)(H3,26,29,30,31);1H4. The molecule has 0 saturated heterocycles. The van der Waals surface area contributed by atoms with E-state index in [0.29, 0.717) is 17.2 Å². The topological polar surface area (TPSA) is 109 Å². The Morgan fingerprint density at radius 1 is 1.03 bits per heavy atom. The summed E-state index contributed by atoms with van der Waals surface area (Å²) in [5.74, 6) is -0.963. The zero-order valence-electron chi connectivity index (χ0n) is 17.8. The number of aromatic amines is 1. The number of nitrogens with zero attached hydrogens (tertiary/aromatic N) is 2. The first-order valence-corrected chi connectivity index (χ1v) is 9.90. The number of H-pyrrole nitrogens is 1. The molecule has 0 atom stereocenters. The first-order chi connectivity index (χ1) is 15.1. The third-order valence-electron chi connectivity index (χ3n) is 4.95. The second-order valence-corrected chi connectivity index (χ2v) is 8.42. The number of urea groups is 1. The van der Waals surface area contributed by atoms with Crippen molar-refractivity contribution in [3.63, 3.8) is 0 Å². The zero-order valence-corrected chi connectivity index (χ0v) is 17.8. The van der Waals surface area contributed by atoms with Gasteiger partial charge >= 0.3 is 6.03 Å². The molecule has 4 rings (SSSR count). The highest BCUT2D eigenvalue weighted by atomic mass is 19.1. The number of fused-ring (bicyclic) bond motifs is 1. The van der Waals surface area contributed by atoms with Gasteiger partial charge in [-0.25, -0.2) is 18.6 Å². The number of hydrogen-bond acceptors (Lipinski definition) is 4. The fourth-order valence-electron chi connectivity index (χ4n) is 3.27. The third kappa shape index (κ3) is 4.92. The lowest BCUT2D eigenvalue weighted by Gasteiger charge is -2.19. The van der Waals surface area contributed by atoms with Gasteiger partial charge in [0.1, 0.15) is 17.5 Å². The fraction of sp³-hybridized carbons (Fsp3) is 0.208. The van der Waals surface area contributed by atoms with Gasteiger partial charge < -0.3 is 16.4 Å². The summed E-state index contributed by atoms with van der Waals surface area (Å²) in [5, 5.41) is 12.6. The number of halogens is 2. The normalized spacial score (nSPS) is 11.2. The van der Waals surface area contributed by atoms with E-state index in [4.69, 9.17) is 5.73 Å². The molecule has 0 bridgehead atoms. The van der Waals surface area contributed by atoms with E-state index < -0.39 is 17.7 Å². The molecular formula is C24H26F2N6O. The van der Waals surface area contributed by atoms with E-state index in [1.165, 1.54) is 0 Å². The van der Waals surface area contributed by atoms with Crippen molar-refractivity contribution in [3.8, 4) is 11.1 Å². The lowest BCUT2D eigenvalue weighted by Crippen LogP contribution is -2.20. The highest BCUT2D eigenvalue weighted by Gasteiger charge is 2.21. The van der Waals surface area contributed by atoms with Crippen LogP contribution in [-0.4, -0.2) is 21.2 Å². The van der Waals surface area contributed by atoms with Gasteiger partial charge in [-0.2, -0.15) is 5.10 Å². The number of amides is 2. The molecule has 2 aromatic carbocycles. The van der Waals surface area contributed by atoms with Crippen LogP contribution in [0.2, 0.25) is 0 Å². The lowest BCUT2D eigenvalue weighted by molar-refractivity contribution is 0.262. The van der Waals surface area contributed by atoms with E-state index in [2.05, 4.69) is 46.6 Å². The van der Waals surface area contributed by atoms with Gasteiger partial charge in [0.2, 0.25) is 0 Å². The van der Waals surface area contributed by atoms with Crippen molar-refractivity contribution >= 4 is 34.3 Å². The number of hydrogen-bond donors (Lipinski definition) is 4. The summed E-state index contributed by atoms with van der Waals surface area (Å²) >= 11 is 0. The minimum Gasteiger partial charge on any atom is -0.383 e. The van der Waals surface area contributed by atoms with Crippen molar-refractivity contribution in [2.45, 2.75) is 33.6 Å². The summed E-state index contributed by atoms with van der Waals surface area (Å²) in [6.45, 7) is 6.19. The molecule has 2 amide bonds. The Kier molecular flexibility index (Phi) is 6.34. The summed E-state index contributed by atoms with van der Waals surface area (Å²) in [4.78, 5) is 16.8. The molecule has 33 heavy (non-hydrogen) atoms. The molecule has 0 fully saturated rings. The average molecular weight is 453 g/mol. The van der Waals surface area contributed by atoms with Gasteiger partial charge in [0.05, 0.1) is 11.1 Å². The van der Waals surface area contributed by atoms with Crippen molar-refractivity contribution in [2.24, 2.45) is 0 Å². The van der Waals surface area contributed by atoms with Gasteiger partial charge in [-0.05, 0) is 41.5 Å². The van der Waals surface area contributed by atoms with Crippen LogP contribution in [0.25, 0.3) is 22.2 Å². The van der Waals surface area contributed by atoms with Gasteiger partial charge in [0, 0.05) is 22.9 Å². The Hall–Kier alpha value is -4.01. The predicted octanol–water partition coefficient (Wildman–Crippen LogP) is 6.06. The van der Waals surface area contributed by atoms with Crippen LogP contribution in [-0.2, 0) is 5.41 Å². The Bertz CT molecular complexity index is 1310. The first-order valence-electron chi connectivity index (χ1n) is 9.90. The van der Waals surface area contributed by atoms with Crippen LogP contribution in [0.3, 0.4) is 0 Å². The molecule has 172 valence electrons. The third-order valence-corrected chi connectivity index (χ3v) is 4.95. The maximum atomic E-state index is 13.7. The van der Waals surface area contributed by atoms with Gasteiger partial charge in [-0.1, -0.05) is 40.3 Å². The summed E-state index contributed by atoms with van der Waals surface area (Å²) in [6.07, 6.45) is 0. The van der Waals surface area contributed by atoms with E-state index in [1.807, 2.05) is 18.2 Å². The Morgan fingerprint density at radius 3 is 2.39 bits per heavy atom. The molecule has 5 N–H and O–H groups in total. The maximum Gasteiger partial charge on any atom is 0.323 e. The number of carbonyl (C=O) groups excluding carboxylic acids is 1. The van der Waals surface area contributed by atoms with Crippen LogP contribution < -0.4 is 16.4 Å². The van der Waals surface area contributed by atoms with Gasteiger partial charge in [0.15, 0.2) is 5.65 Å². The Labute approximate surface area is 190 Å². The molecular weight excluding hydrogens is 426 g/mol. The fourth-order valence-corrected chi connectivity index (χ4v) is 3.27. The van der Waals surface area contributed by atoms with Crippen molar-refractivity contribution in [3.05, 3.63) is 65.9 Å². The molecule has 0 aliphatic rings. The van der Waals surface area contributed by atoms with Gasteiger partial charge in [0.25, 0.3) is 0 Å². The Balaban J connectivity index is 0.00000306. The number of rotatable bonds is 3. The molecule has 0 unspecified atom stereocenters. The molecule has 7 nitrogen and oxygen atoms in total. The van der Waals surface area contributed by atoms with Gasteiger partial charge in [-0.3, -0.25) is 5.10 Å². The quantitative estimate of drug-likeness (QED) is 0.303. The molecule has 0 aliphatic carbocycles. The number of nitrogen functional groups attached to an aromatic ring is 1. The minimum atomic E-state index is -0.731. The average Bonchev–Trinajstić information content (AvgIpc) is 3.11.